The van der Waals surface area contributed by atoms with Gasteiger partial charge in [-0.3, -0.25) is 14.9 Å². The zero-order valence-electron chi connectivity index (χ0n) is 19.8. The molecule has 9 nitrogen and oxygen atoms in total. The van der Waals surface area contributed by atoms with Crippen molar-refractivity contribution in [2.75, 3.05) is 24.4 Å². The van der Waals surface area contributed by atoms with E-state index in [1.807, 2.05) is 6.07 Å². The molecule has 186 valence electrons. The summed E-state index contributed by atoms with van der Waals surface area (Å²) in [4.78, 5) is 28.7. The molecular weight excluding hydrogens is 492 g/mol. The number of amides is 2. The Bertz CT molecular complexity index is 1550. The molecule has 0 atom stereocenters. The number of carbonyl (C=O) groups excluding carboxylic acids is 2. The van der Waals surface area contributed by atoms with Gasteiger partial charge in [-0.15, -0.1) is 0 Å². The van der Waals surface area contributed by atoms with Gasteiger partial charge in [0.25, 0.3) is 11.8 Å². The van der Waals surface area contributed by atoms with Crippen LogP contribution in [0.4, 0.5) is 10.8 Å². The average Bonchev–Trinajstić information content (AvgIpc) is 3.62. The number of thiazole rings is 1. The van der Waals surface area contributed by atoms with Crippen molar-refractivity contribution >= 4 is 44.2 Å². The van der Waals surface area contributed by atoms with Gasteiger partial charge >= 0.3 is 0 Å². The summed E-state index contributed by atoms with van der Waals surface area (Å²) in [5.74, 6) is 0.549. The quantitative estimate of drug-likeness (QED) is 0.306. The lowest BCUT2D eigenvalue weighted by atomic mass is 9.96. The maximum Gasteiger partial charge on any atom is 0.255 e. The fraction of sp³-hybridized carbons (Fsp3) is 0.185. The maximum absolute atomic E-state index is 13.0. The van der Waals surface area contributed by atoms with Crippen LogP contribution in [-0.4, -0.2) is 35.6 Å². The minimum absolute atomic E-state index is 0.296. The van der Waals surface area contributed by atoms with Crippen molar-refractivity contribution in [3.8, 4) is 23.3 Å². The Morgan fingerprint density at radius 3 is 2.68 bits per heavy atom. The third kappa shape index (κ3) is 5.09. The molecule has 1 saturated carbocycles. The number of anilines is 2. The van der Waals surface area contributed by atoms with Gasteiger partial charge in [0.1, 0.15) is 12.4 Å². The van der Waals surface area contributed by atoms with E-state index in [0.29, 0.717) is 39.1 Å². The Labute approximate surface area is 216 Å². The molecule has 1 heterocycles. The summed E-state index contributed by atoms with van der Waals surface area (Å²) >= 11 is 1.25. The highest BCUT2D eigenvalue weighted by atomic mass is 32.1. The number of fused-ring (bicyclic) bond motifs is 1. The third-order valence-electron chi connectivity index (χ3n) is 6.04. The third-order valence-corrected chi connectivity index (χ3v) is 6.97. The van der Waals surface area contributed by atoms with Crippen molar-refractivity contribution in [1.29, 1.82) is 5.26 Å². The molecule has 2 amide bonds. The van der Waals surface area contributed by atoms with E-state index >= 15 is 0 Å². The zero-order chi connectivity index (χ0) is 26.0. The van der Waals surface area contributed by atoms with Crippen molar-refractivity contribution in [2.24, 2.45) is 0 Å². The first-order valence-electron chi connectivity index (χ1n) is 11.4. The normalized spacial score (nSPS) is 13.4. The minimum atomic E-state index is -0.622. The summed E-state index contributed by atoms with van der Waals surface area (Å²) in [6.07, 6.45) is 1.61. The van der Waals surface area contributed by atoms with Crippen molar-refractivity contribution in [2.45, 2.75) is 18.3 Å². The smallest absolute Gasteiger partial charge is 0.255 e. The van der Waals surface area contributed by atoms with Crippen LogP contribution in [-0.2, 0) is 10.2 Å². The highest BCUT2D eigenvalue weighted by Gasteiger charge is 2.45. The molecule has 3 aromatic carbocycles. The van der Waals surface area contributed by atoms with Crippen molar-refractivity contribution in [1.82, 2.24) is 4.98 Å². The van der Waals surface area contributed by atoms with Crippen LogP contribution < -0.4 is 20.1 Å². The molecule has 1 aromatic heterocycles. The Kier molecular flexibility index (Phi) is 6.48. The van der Waals surface area contributed by atoms with Crippen LogP contribution in [0.5, 0.6) is 17.2 Å². The number of rotatable bonds is 8. The van der Waals surface area contributed by atoms with E-state index in [4.69, 9.17) is 14.6 Å². The van der Waals surface area contributed by atoms with Gasteiger partial charge in [0.2, 0.25) is 0 Å². The summed E-state index contributed by atoms with van der Waals surface area (Å²) < 4.78 is 12.3. The number of nitriles is 1. The number of carbonyl (C=O) groups is 2. The van der Waals surface area contributed by atoms with Gasteiger partial charge in [-0.25, -0.2) is 4.98 Å². The Morgan fingerprint density at radius 2 is 1.95 bits per heavy atom. The molecule has 1 aliphatic carbocycles. The van der Waals surface area contributed by atoms with Crippen molar-refractivity contribution < 1.29 is 24.2 Å². The first kappa shape index (κ1) is 24.2. The molecule has 1 aliphatic rings. The van der Waals surface area contributed by atoms with Gasteiger partial charge in [-0.05, 0) is 54.8 Å². The van der Waals surface area contributed by atoms with E-state index in [0.717, 1.165) is 23.1 Å². The minimum Gasteiger partial charge on any atom is -0.493 e. The lowest BCUT2D eigenvalue weighted by Gasteiger charge is -2.13. The highest BCUT2D eigenvalue weighted by Crippen LogP contribution is 2.47. The van der Waals surface area contributed by atoms with Crippen LogP contribution in [0.3, 0.4) is 0 Å². The lowest BCUT2D eigenvalue weighted by molar-refractivity contribution is -0.118. The van der Waals surface area contributed by atoms with Crippen LogP contribution in [0.15, 0.2) is 60.7 Å². The molecule has 0 radical (unpaired) electrons. The average molecular weight is 515 g/mol. The second-order valence-electron chi connectivity index (χ2n) is 8.55. The number of methoxy groups -OCH3 is 1. The fourth-order valence-electron chi connectivity index (χ4n) is 3.89. The number of aliphatic hydroxyl groups is 1. The molecule has 3 N–H and O–H groups in total. The van der Waals surface area contributed by atoms with E-state index in [2.05, 4.69) is 21.7 Å². The summed E-state index contributed by atoms with van der Waals surface area (Å²) in [7, 11) is 1.53. The second kappa shape index (κ2) is 9.89. The van der Waals surface area contributed by atoms with Gasteiger partial charge in [-0.2, -0.15) is 5.26 Å². The fourth-order valence-corrected chi connectivity index (χ4v) is 4.80. The zero-order valence-corrected chi connectivity index (χ0v) is 20.6. The van der Waals surface area contributed by atoms with E-state index in [1.54, 1.807) is 54.6 Å². The predicted octanol–water partition coefficient (Wildman–Crippen LogP) is 4.84. The van der Waals surface area contributed by atoms with E-state index < -0.39 is 17.9 Å². The molecule has 0 unspecified atom stereocenters. The molecule has 10 heteroatoms. The summed E-state index contributed by atoms with van der Waals surface area (Å²) in [5.41, 5.74) is 2.04. The monoisotopic (exact) mass is 514 g/mol. The van der Waals surface area contributed by atoms with Gasteiger partial charge in [0, 0.05) is 23.4 Å². The van der Waals surface area contributed by atoms with Crippen molar-refractivity contribution in [3.05, 3.63) is 71.8 Å². The Morgan fingerprint density at radius 1 is 1.11 bits per heavy atom. The lowest BCUT2D eigenvalue weighted by Crippen LogP contribution is -2.14. The number of benzene rings is 3. The largest absolute Gasteiger partial charge is 0.493 e. The molecule has 1 fully saturated rings. The second-order valence-corrected chi connectivity index (χ2v) is 9.58. The SMILES string of the molecule is COc1ccc(NC(=O)c2cccc(C3(C#N)CC3)c2)cc1Oc1ccc2nc(NC(=O)CO)sc2c1. The first-order chi connectivity index (χ1) is 17.9. The number of ether oxygens (including phenoxy) is 2. The number of hydrogen-bond donors (Lipinski definition) is 3. The maximum atomic E-state index is 13.0. The first-order valence-corrected chi connectivity index (χ1v) is 12.2. The van der Waals surface area contributed by atoms with Crippen LogP contribution >= 0.6 is 11.3 Å². The van der Waals surface area contributed by atoms with Gasteiger partial charge in [0.05, 0.1) is 28.8 Å². The Hall–Kier alpha value is -4.46. The number of nitrogens with one attached hydrogen (secondary N) is 2. The summed E-state index contributed by atoms with van der Waals surface area (Å²) in [6.45, 7) is -0.622. The van der Waals surface area contributed by atoms with Gasteiger partial charge in [-0.1, -0.05) is 23.5 Å². The van der Waals surface area contributed by atoms with Gasteiger partial charge in [0.15, 0.2) is 16.6 Å². The molecule has 4 aromatic rings. The van der Waals surface area contributed by atoms with Crippen LogP contribution in [0.2, 0.25) is 0 Å². The van der Waals surface area contributed by atoms with Crippen LogP contribution in [0.25, 0.3) is 10.2 Å². The number of hydrogen-bond acceptors (Lipinski definition) is 8. The van der Waals surface area contributed by atoms with Gasteiger partial charge < -0.3 is 19.9 Å². The molecule has 0 spiro atoms. The predicted molar refractivity (Wildman–Crippen MR) is 139 cm³/mol. The number of aromatic nitrogens is 1. The molecule has 0 aliphatic heterocycles. The van der Waals surface area contributed by atoms with E-state index in [-0.39, 0.29) is 5.91 Å². The molecule has 5 rings (SSSR count). The summed E-state index contributed by atoms with van der Waals surface area (Å²) in [6, 6.07) is 19.9. The molecule has 0 bridgehead atoms. The topological polar surface area (TPSA) is 134 Å². The summed E-state index contributed by atoms with van der Waals surface area (Å²) in [5, 5.41) is 24.2. The number of nitrogens with zero attached hydrogens (tertiary/aromatic N) is 2. The van der Waals surface area contributed by atoms with E-state index in [9.17, 15) is 14.9 Å². The molecule has 37 heavy (non-hydrogen) atoms. The standard InChI is InChI=1S/C27H22N4O5S/c1-35-21-8-5-18(29-25(34)16-3-2-4-17(11-16)27(15-28)9-10-27)12-22(21)36-19-6-7-20-23(13-19)37-26(30-20)31-24(33)14-32/h2-8,11-13,32H,9-10,14H2,1H3,(H,29,34)(H,30,31,33). The molecule has 0 saturated heterocycles. The number of aliphatic hydroxyl groups excluding tert-OH is 1. The highest BCUT2D eigenvalue weighted by molar-refractivity contribution is 7.22. The molecular formula is C27H22N4O5S. The van der Waals surface area contributed by atoms with Crippen molar-refractivity contribution in [3.63, 3.8) is 0 Å². The Balaban J connectivity index is 1.35. The van der Waals surface area contributed by atoms with E-state index in [1.165, 1.54) is 18.4 Å². The van der Waals surface area contributed by atoms with Crippen LogP contribution in [0, 0.1) is 11.3 Å². The van der Waals surface area contributed by atoms with Crippen LogP contribution in [0.1, 0.15) is 28.8 Å².